The lowest BCUT2D eigenvalue weighted by Crippen LogP contribution is -2.36. The van der Waals surface area contributed by atoms with E-state index in [9.17, 15) is 5.11 Å². The second kappa shape index (κ2) is 4.57. The molecule has 1 fully saturated rings. The first-order valence-corrected chi connectivity index (χ1v) is 6.19. The van der Waals surface area contributed by atoms with Crippen molar-refractivity contribution in [2.45, 2.75) is 37.4 Å². The summed E-state index contributed by atoms with van der Waals surface area (Å²) in [7, 11) is 0. The van der Waals surface area contributed by atoms with Crippen molar-refractivity contribution < 1.29 is 14.9 Å². The lowest BCUT2D eigenvalue weighted by Gasteiger charge is -2.21. The number of imidazole rings is 1. The predicted molar refractivity (Wildman–Crippen MR) is 66.3 cm³/mol. The molecule has 0 spiro atoms. The third kappa shape index (κ3) is 2.02. The van der Waals surface area contributed by atoms with Crippen molar-refractivity contribution in [3.63, 3.8) is 0 Å². The molecule has 4 atom stereocenters. The average Bonchev–Trinajstić information content (AvgIpc) is 2.92. The topological polar surface area (TPSA) is 132 Å². The fourth-order valence-electron chi connectivity index (χ4n) is 2.59. The minimum absolute atomic E-state index is 0.207. The summed E-state index contributed by atoms with van der Waals surface area (Å²) >= 11 is 0. The van der Waals surface area contributed by atoms with Crippen LogP contribution in [0.25, 0.3) is 0 Å². The van der Waals surface area contributed by atoms with Crippen LogP contribution in [0.2, 0.25) is 0 Å². The number of amidine groups is 1. The summed E-state index contributed by atoms with van der Waals surface area (Å²) in [5.74, 6) is 0.879. The van der Waals surface area contributed by atoms with Gasteiger partial charge in [-0.2, -0.15) is 0 Å². The fraction of sp³-hybridized carbons (Fsp3) is 0.636. The molecule has 19 heavy (non-hydrogen) atoms. The van der Waals surface area contributed by atoms with E-state index < -0.39 is 18.4 Å². The van der Waals surface area contributed by atoms with Crippen LogP contribution in [0.4, 0.5) is 0 Å². The van der Waals surface area contributed by atoms with Gasteiger partial charge in [-0.3, -0.25) is 0 Å². The molecule has 4 unspecified atom stereocenters. The SMILES string of the molecule is NC1=NC(N)Cn2c(C3CC(O)C(CO)O3)cnc21. The van der Waals surface area contributed by atoms with Gasteiger partial charge < -0.3 is 31.0 Å². The number of ether oxygens (including phenoxy) is 1. The summed E-state index contributed by atoms with van der Waals surface area (Å²) in [6.07, 6.45) is 0.131. The number of nitrogens with two attached hydrogens (primary N) is 2. The van der Waals surface area contributed by atoms with Crippen LogP contribution in [0.5, 0.6) is 0 Å². The van der Waals surface area contributed by atoms with Crippen molar-refractivity contribution >= 4 is 5.84 Å². The lowest BCUT2D eigenvalue weighted by atomic mass is 10.1. The zero-order valence-electron chi connectivity index (χ0n) is 10.3. The molecule has 3 heterocycles. The van der Waals surface area contributed by atoms with E-state index in [1.54, 1.807) is 6.20 Å². The molecule has 8 heteroatoms. The third-order valence-electron chi connectivity index (χ3n) is 3.52. The van der Waals surface area contributed by atoms with Crippen LogP contribution in [0, 0.1) is 0 Å². The highest BCUT2D eigenvalue weighted by Gasteiger charge is 2.37. The molecule has 1 aromatic heterocycles. The Kier molecular flexibility index (Phi) is 3.02. The second-order valence-corrected chi connectivity index (χ2v) is 4.85. The van der Waals surface area contributed by atoms with Crippen molar-refractivity contribution in [1.82, 2.24) is 9.55 Å². The summed E-state index contributed by atoms with van der Waals surface area (Å²) in [6, 6.07) is 0. The molecule has 0 amide bonds. The van der Waals surface area contributed by atoms with Gasteiger partial charge in [0, 0.05) is 6.42 Å². The molecule has 2 aliphatic heterocycles. The Morgan fingerprint density at radius 1 is 1.53 bits per heavy atom. The Balaban J connectivity index is 1.90. The minimum atomic E-state index is -0.676. The molecule has 1 aromatic rings. The number of hydrogen-bond acceptors (Lipinski definition) is 7. The van der Waals surface area contributed by atoms with Gasteiger partial charge in [0.2, 0.25) is 0 Å². The summed E-state index contributed by atoms with van der Waals surface area (Å²) < 4.78 is 7.49. The van der Waals surface area contributed by atoms with Crippen molar-refractivity contribution in [3.05, 3.63) is 17.7 Å². The number of aromatic nitrogens is 2. The first kappa shape index (κ1) is 12.5. The zero-order chi connectivity index (χ0) is 13.6. The van der Waals surface area contributed by atoms with E-state index in [0.29, 0.717) is 24.6 Å². The van der Waals surface area contributed by atoms with Crippen LogP contribution in [-0.4, -0.2) is 50.6 Å². The van der Waals surface area contributed by atoms with Gasteiger partial charge in [-0.15, -0.1) is 0 Å². The van der Waals surface area contributed by atoms with E-state index in [4.69, 9.17) is 21.3 Å². The van der Waals surface area contributed by atoms with E-state index in [1.807, 2.05) is 4.57 Å². The highest BCUT2D eigenvalue weighted by Crippen LogP contribution is 2.33. The Bertz CT molecular complexity index is 514. The molecule has 1 saturated heterocycles. The standard InChI is InChI=1S/C11H17N5O3/c12-9-3-16-5(2-14-11(16)10(13)15-9)7-1-6(18)8(4-17)19-7/h2,6-9,17-18H,1,3-4,12H2,(H2,13,15). The minimum Gasteiger partial charge on any atom is -0.394 e. The Hall–Kier alpha value is -1.48. The summed E-state index contributed by atoms with van der Waals surface area (Å²) in [5.41, 5.74) is 12.4. The Morgan fingerprint density at radius 2 is 2.32 bits per heavy atom. The van der Waals surface area contributed by atoms with Crippen LogP contribution in [-0.2, 0) is 11.3 Å². The van der Waals surface area contributed by atoms with Gasteiger partial charge in [0.1, 0.15) is 18.4 Å². The lowest BCUT2D eigenvalue weighted by molar-refractivity contribution is -0.0245. The number of aliphatic hydroxyl groups excluding tert-OH is 2. The number of nitrogens with zero attached hydrogens (tertiary/aromatic N) is 3. The summed E-state index contributed by atoms with van der Waals surface area (Å²) in [4.78, 5) is 8.29. The zero-order valence-corrected chi connectivity index (χ0v) is 10.3. The van der Waals surface area contributed by atoms with Crippen LogP contribution in [0.15, 0.2) is 11.2 Å². The van der Waals surface area contributed by atoms with Gasteiger partial charge in [0.25, 0.3) is 0 Å². The van der Waals surface area contributed by atoms with E-state index in [-0.39, 0.29) is 12.7 Å². The first-order chi connectivity index (χ1) is 9.10. The Labute approximate surface area is 109 Å². The van der Waals surface area contributed by atoms with Crippen LogP contribution in [0.3, 0.4) is 0 Å². The molecule has 0 radical (unpaired) electrons. The normalized spacial score (nSPS) is 34.2. The highest BCUT2D eigenvalue weighted by atomic mass is 16.5. The Morgan fingerprint density at radius 3 is 3.00 bits per heavy atom. The summed E-state index contributed by atoms with van der Waals surface area (Å²) in [6.45, 7) is 0.271. The fourth-order valence-corrected chi connectivity index (χ4v) is 2.59. The van der Waals surface area contributed by atoms with E-state index >= 15 is 0 Å². The van der Waals surface area contributed by atoms with Crippen molar-refractivity contribution in [3.8, 4) is 0 Å². The van der Waals surface area contributed by atoms with Crippen molar-refractivity contribution in [1.29, 1.82) is 0 Å². The smallest absolute Gasteiger partial charge is 0.175 e. The number of rotatable bonds is 2. The third-order valence-corrected chi connectivity index (χ3v) is 3.52. The van der Waals surface area contributed by atoms with Gasteiger partial charge in [-0.25, -0.2) is 9.98 Å². The quantitative estimate of drug-likeness (QED) is 0.493. The molecule has 3 rings (SSSR count). The maximum atomic E-state index is 9.78. The molecule has 8 nitrogen and oxygen atoms in total. The monoisotopic (exact) mass is 267 g/mol. The number of hydrogen-bond donors (Lipinski definition) is 4. The molecular weight excluding hydrogens is 250 g/mol. The number of fused-ring (bicyclic) bond motifs is 1. The van der Waals surface area contributed by atoms with Crippen LogP contribution in [0.1, 0.15) is 24.0 Å². The van der Waals surface area contributed by atoms with Crippen LogP contribution < -0.4 is 11.5 Å². The van der Waals surface area contributed by atoms with Gasteiger partial charge in [-0.1, -0.05) is 0 Å². The molecule has 2 aliphatic rings. The molecule has 6 N–H and O–H groups in total. The predicted octanol–water partition coefficient (Wildman–Crippen LogP) is -1.93. The molecule has 0 saturated carbocycles. The van der Waals surface area contributed by atoms with Gasteiger partial charge >= 0.3 is 0 Å². The van der Waals surface area contributed by atoms with Crippen LogP contribution >= 0.6 is 0 Å². The number of aliphatic hydroxyl groups is 2. The van der Waals surface area contributed by atoms with Crippen molar-refractivity contribution in [2.75, 3.05) is 6.61 Å². The maximum Gasteiger partial charge on any atom is 0.175 e. The van der Waals surface area contributed by atoms with Gasteiger partial charge in [0.15, 0.2) is 11.7 Å². The van der Waals surface area contributed by atoms with Gasteiger partial charge in [0.05, 0.1) is 31.1 Å². The largest absolute Gasteiger partial charge is 0.394 e. The first-order valence-electron chi connectivity index (χ1n) is 6.19. The van der Waals surface area contributed by atoms with E-state index in [2.05, 4.69) is 9.98 Å². The molecule has 0 bridgehead atoms. The molecule has 0 aromatic carbocycles. The van der Waals surface area contributed by atoms with E-state index in [0.717, 1.165) is 5.69 Å². The second-order valence-electron chi connectivity index (χ2n) is 4.85. The molecular formula is C11H17N5O3. The average molecular weight is 267 g/mol. The van der Waals surface area contributed by atoms with Gasteiger partial charge in [-0.05, 0) is 0 Å². The maximum absolute atomic E-state index is 9.78. The number of aliphatic imine (C=N–C) groups is 1. The highest BCUT2D eigenvalue weighted by molar-refractivity contribution is 5.95. The van der Waals surface area contributed by atoms with E-state index in [1.165, 1.54) is 0 Å². The molecule has 0 aliphatic carbocycles. The summed E-state index contributed by atoms with van der Waals surface area (Å²) in [5, 5.41) is 18.9. The molecule has 104 valence electrons. The van der Waals surface area contributed by atoms with Crippen molar-refractivity contribution in [2.24, 2.45) is 16.5 Å².